The first-order valence-corrected chi connectivity index (χ1v) is 10.5. The Morgan fingerprint density at radius 3 is 2.07 bits per heavy atom. The first-order chi connectivity index (χ1) is 14.0. The Morgan fingerprint density at radius 1 is 0.900 bits per heavy atom. The molecular formula is C22H36ClN7. The van der Waals surface area contributed by atoms with Crippen molar-refractivity contribution in [3.8, 4) is 11.8 Å². The van der Waals surface area contributed by atoms with E-state index in [1.54, 1.807) is 0 Å². The molecule has 0 bridgehead atoms. The van der Waals surface area contributed by atoms with Crippen LogP contribution in [-0.4, -0.2) is 67.4 Å². The number of aliphatic imine (C=N–C) groups is 1. The number of halogens is 1. The number of unbranched alkanes of at least 4 members (excludes halogenated alkanes) is 3. The van der Waals surface area contributed by atoms with E-state index in [0.717, 1.165) is 69.7 Å². The fraction of sp³-hybridized carbons (Fsp3) is 0.545. The molecule has 0 saturated carbocycles. The van der Waals surface area contributed by atoms with Gasteiger partial charge >= 0.3 is 0 Å². The van der Waals surface area contributed by atoms with Gasteiger partial charge in [0.25, 0.3) is 0 Å². The summed E-state index contributed by atoms with van der Waals surface area (Å²) in [7, 11) is 0. The summed E-state index contributed by atoms with van der Waals surface area (Å²) in [6, 6.07) is 7.53. The Labute approximate surface area is 187 Å². The van der Waals surface area contributed by atoms with E-state index in [0.29, 0.717) is 0 Å². The lowest BCUT2D eigenvalue weighted by atomic mass is 10.1. The molecule has 0 atom stereocenters. The molecule has 1 aromatic carbocycles. The van der Waals surface area contributed by atoms with E-state index in [1.165, 1.54) is 19.4 Å². The average Bonchev–Trinajstić information content (AvgIpc) is 2.71. The Hall–Kier alpha value is -2.27. The smallest absolute Gasteiger partial charge is 0.185 e. The lowest BCUT2D eigenvalue weighted by Crippen LogP contribution is -2.46. The summed E-state index contributed by atoms with van der Waals surface area (Å²) in [5.74, 6) is 6.72. The van der Waals surface area contributed by atoms with Crippen LogP contribution in [0.15, 0.2) is 29.3 Å². The minimum absolute atomic E-state index is 0. The van der Waals surface area contributed by atoms with Crippen LogP contribution in [0.1, 0.15) is 43.2 Å². The van der Waals surface area contributed by atoms with Gasteiger partial charge in [-0.15, -0.1) is 12.4 Å². The van der Waals surface area contributed by atoms with Crippen LogP contribution in [-0.2, 0) is 0 Å². The molecule has 1 saturated heterocycles. The predicted molar refractivity (Wildman–Crippen MR) is 128 cm³/mol. The molecule has 0 radical (unpaired) electrons. The summed E-state index contributed by atoms with van der Waals surface area (Å²) in [4.78, 5) is 9.11. The summed E-state index contributed by atoms with van der Waals surface area (Å²) >= 11 is 0. The van der Waals surface area contributed by atoms with E-state index in [-0.39, 0.29) is 24.2 Å². The van der Waals surface area contributed by atoms with E-state index < -0.39 is 0 Å². The first-order valence-electron chi connectivity index (χ1n) is 10.5. The molecule has 7 N–H and O–H groups in total. The predicted octanol–water partition coefficient (Wildman–Crippen LogP) is 1.59. The fourth-order valence-corrected chi connectivity index (χ4v) is 3.36. The van der Waals surface area contributed by atoms with Gasteiger partial charge in [-0.05, 0) is 44.5 Å². The fourth-order valence-electron chi connectivity index (χ4n) is 3.36. The number of nitrogen functional groups attached to an aromatic ring is 1. The number of benzene rings is 1. The second kappa shape index (κ2) is 14.7. The molecule has 8 heteroatoms. The molecule has 0 spiro atoms. The zero-order chi connectivity index (χ0) is 20.9. The highest BCUT2D eigenvalue weighted by Crippen LogP contribution is 2.07. The maximum Gasteiger partial charge on any atom is 0.185 e. The molecule has 166 valence electrons. The van der Waals surface area contributed by atoms with Crippen LogP contribution in [0, 0.1) is 17.3 Å². The molecule has 1 aliphatic heterocycles. The van der Waals surface area contributed by atoms with Gasteiger partial charge in [0.2, 0.25) is 0 Å². The van der Waals surface area contributed by atoms with E-state index in [2.05, 4.69) is 26.6 Å². The van der Waals surface area contributed by atoms with Gasteiger partial charge in [-0.1, -0.05) is 30.4 Å². The van der Waals surface area contributed by atoms with Crippen molar-refractivity contribution in [3.63, 3.8) is 0 Å². The molecule has 1 aromatic rings. The van der Waals surface area contributed by atoms with Crippen LogP contribution in [0.4, 0.5) is 0 Å². The van der Waals surface area contributed by atoms with Gasteiger partial charge < -0.3 is 27.0 Å². The maximum atomic E-state index is 7.40. The zero-order valence-corrected chi connectivity index (χ0v) is 18.6. The molecule has 1 aliphatic rings. The second-order valence-corrected chi connectivity index (χ2v) is 7.45. The third-order valence-electron chi connectivity index (χ3n) is 5.10. The highest BCUT2D eigenvalue weighted by molar-refractivity contribution is 5.94. The SMILES string of the molecule is Cl.N=C(N)c1ccc(C#CCCCN2CCN(CCCCCN=C(N)N)CC2)cc1. The number of amidine groups is 1. The molecule has 30 heavy (non-hydrogen) atoms. The van der Waals surface area contributed by atoms with Gasteiger partial charge in [0.05, 0.1) is 0 Å². The van der Waals surface area contributed by atoms with Crippen molar-refractivity contribution in [2.75, 3.05) is 45.8 Å². The van der Waals surface area contributed by atoms with Crippen LogP contribution >= 0.6 is 12.4 Å². The van der Waals surface area contributed by atoms with Crippen molar-refractivity contribution >= 4 is 24.2 Å². The van der Waals surface area contributed by atoms with E-state index >= 15 is 0 Å². The number of nitrogens with two attached hydrogens (primary N) is 3. The summed E-state index contributed by atoms with van der Waals surface area (Å²) < 4.78 is 0. The minimum atomic E-state index is 0. The molecule has 7 nitrogen and oxygen atoms in total. The summed E-state index contributed by atoms with van der Waals surface area (Å²) in [5.41, 5.74) is 17.8. The van der Waals surface area contributed by atoms with Gasteiger partial charge in [-0.25, -0.2) is 0 Å². The van der Waals surface area contributed by atoms with Crippen molar-refractivity contribution in [2.45, 2.75) is 32.1 Å². The number of hydrogen-bond acceptors (Lipinski definition) is 4. The van der Waals surface area contributed by atoms with Crippen molar-refractivity contribution in [1.82, 2.24) is 9.80 Å². The topological polar surface area (TPSA) is 121 Å². The third-order valence-corrected chi connectivity index (χ3v) is 5.10. The van der Waals surface area contributed by atoms with Crippen LogP contribution in [0.25, 0.3) is 0 Å². The van der Waals surface area contributed by atoms with Gasteiger partial charge in [0.1, 0.15) is 5.84 Å². The monoisotopic (exact) mass is 433 g/mol. The van der Waals surface area contributed by atoms with Crippen molar-refractivity contribution in [1.29, 1.82) is 5.41 Å². The van der Waals surface area contributed by atoms with Crippen molar-refractivity contribution in [3.05, 3.63) is 35.4 Å². The average molecular weight is 434 g/mol. The number of nitrogens with zero attached hydrogens (tertiary/aromatic N) is 3. The molecule has 0 unspecified atom stereocenters. The van der Waals surface area contributed by atoms with E-state index in [1.807, 2.05) is 24.3 Å². The number of hydrogen-bond donors (Lipinski definition) is 4. The summed E-state index contributed by atoms with van der Waals surface area (Å²) in [5, 5.41) is 7.40. The normalized spacial score (nSPS) is 14.3. The zero-order valence-electron chi connectivity index (χ0n) is 17.8. The quantitative estimate of drug-likeness (QED) is 0.193. The number of guanidine groups is 1. The highest BCUT2D eigenvalue weighted by Gasteiger charge is 2.15. The second-order valence-electron chi connectivity index (χ2n) is 7.45. The first kappa shape index (κ1) is 25.8. The maximum absolute atomic E-state index is 7.40. The molecule has 1 heterocycles. The molecule has 1 fully saturated rings. The number of rotatable bonds is 10. The number of nitrogens with one attached hydrogen (secondary N) is 1. The molecule has 0 aliphatic carbocycles. The van der Waals surface area contributed by atoms with Gasteiger partial charge in [0, 0.05) is 50.3 Å². The van der Waals surface area contributed by atoms with Gasteiger partial charge in [0.15, 0.2) is 5.96 Å². The Morgan fingerprint density at radius 2 is 1.50 bits per heavy atom. The van der Waals surface area contributed by atoms with E-state index in [4.69, 9.17) is 22.6 Å². The summed E-state index contributed by atoms with van der Waals surface area (Å²) in [6.07, 6.45) is 5.45. The lowest BCUT2D eigenvalue weighted by Gasteiger charge is -2.34. The minimum Gasteiger partial charge on any atom is -0.384 e. The standard InChI is InChI=1S/C22H35N7.ClH/c23-21(24)20-10-8-19(9-11-20)7-3-1-5-13-28-15-17-29(18-16-28)14-6-2-4-12-27-22(25)26;/h8-11H,1-2,4-6,12-18H2,(H3,23,24)(H4,25,26,27);1H. The number of piperazine rings is 1. The Balaban J connectivity index is 0.00000450. The highest BCUT2D eigenvalue weighted by atomic mass is 35.5. The Kier molecular flexibility index (Phi) is 12.6. The van der Waals surface area contributed by atoms with Crippen LogP contribution in [0.3, 0.4) is 0 Å². The largest absolute Gasteiger partial charge is 0.384 e. The lowest BCUT2D eigenvalue weighted by molar-refractivity contribution is 0.130. The Bertz CT molecular complexity index is 709. The molecule has 0 aromatic heterocycles. The van der Waals surface area contributed by atoms with Crippen molar-refractivity contribution in [2.24, 2.45) is 22.2 Å². The molecule has 0 amide bonds. The summed E-state index contributed by atoms with van der Waals surface area (Å²) in [6.45, 7) is 7.63. The van der Waals surface area contributed by atoms with Crippen LogP contribution < -0.4 is 17.2 Å². The molecular weight excluding hydrogens is 398 g/mol. The van der Waals surface area contributed by atoms with Crippen molar-refractivity contribution < 1.29 is 0 Å². The molecule has 2 rings (SSSR count). The van der Waals surface area contributed by atoms with E-state index in [9.17, 15) is 0 Å². The van der Waals surface area contributed by atoms with Crippen LogP contribution in [0.5, 0.6) is 0 Å². The third kappa shape index (κ3) is 10.5. The van der Waals surface area contributed by atoms with Crippen LogP contribution in [0.2, 0.25) is 0 Å². The van der Waals surface area contributed by atoms with Gasteiger partial charge in [-0.3, -0.25) is 10.4 Å². The van der Waals surface area contributed by atoms with Gasteiger partial charge in [-0.2, -0.15) is 0 Å².